The van der Waals surface area contributed by atoms with Gasteiger partial charge in [-0.1, -0.05) is 0 Å². The molecule has 11 heavy (non-hydrogen) atoms. The number of nitrogens with two attached hydrogens (primary N) is 1. The molecular weight excluding hydrogens is 153 g/mol. The van der Waals surface area contributed by atoms with E-state index in [0.29, 0.717) is 0 Å². The van der Waals surface area contributed by atoms with Crippen LogP contribution in [0.5, 0.6) is 0 Å². The summed E-state index contributed by atoms with van der Waals surface area (Å²) < 4.78 is 12.8. The van der Waals surface area contributed by atoms with Gasteiger partial charge in [0, 0.05) is 0 Å². The Morgan fingerprint density at radius 1 is 1.64 bits per heavy atom. The molecule has 0 saturated carbocycles. The Hall–Kier alpha value is -0.680. The first-order chi connectivity index (χ1) is 4.76. The molecule has 0 aromatic rings. The van der Waals surface area contributed by atoms with Gasteiger partial charge in [0.2, 0.25) is 0 Å². The summed E-state index contributed by atoms with van der Waals surface area (Å²) in [5.41, 5.74) is 2.97. The maximum Gasteiger partial charge on any atom is 0.323 e. The van der Waals surface area contributed by atoms with E-state index >= 15 is 0 Å². The van der Waals surface area contributed by atoms with Crippen LogP contribution < -0.4 is 5.73 Å². The highest BCUT2D eigenvalue weighted by Crippen LogP contribution is 2.16. The number of halogens is 1. The van der Waals surface area contributed by atoms with E-state index in [9.17, 15) is 9.18 Å². The summed E-state index contributed by atoms with van der Waals surface area (Å²) in [7, 11) is 0. The number of carboxylic acids is 1. The van der Waals surface area contributed by atoms with Crippen LogP contribution in [-0.2, 0) is 4.79 Å². The largest absolute Gasteiger partial charge is 0.480 e. The third-order valence-electron chi connectivity index (χ3n) is 1.33. The Morgan fingerprint density at radius 2 is 2.00 bits per heavy atom. The number of aliphatic hydroxyl groups is 1. The van der Waals surface area contributed by atoms with E-state index in [1.807, 2.05) is 0 Å². The highest BCUT2D eigenvalue weighted by Gasteiger charge is 2.35. The van der Waals surface area contributed by atoms with Crippen molar-refractivity contribution in [2.24, 2.45) is 5.73 Å². The lowest BCUT2D eigenvalue weighted by Crippen LogP contribution is -2.50. The number of carbonyl (C=O) groups is 1. The minimum Gasteiger partial charge on any atom is -0.480 e. The standard InChI is InChI=1S/C6H12FNO3/c1-6(2,7)4(9)3(8)5(10)11/h3-4,9H,8H2,1-2H3,(H,10,11). The average molecular weight is 165 g/mol. The van der Waals surface area contributed by atoms with Crippen molar-refractivity contribution in [3.05, 3.63) is 0 Å². The van der Waals surface area contributed by atoms with Crippen LogP contribution in [0.15, 0.2) is 0 Å². The van der Waals surface area contributed by atoms with Gasteiger partial charge in [-0.25, -0.2) is 4.39 Å². The van der Waals surface area contributed by atoms with Crippen LogP contribution in [0.2, 0.25) is 0 Å². The Labute approximate surface area is 63.8 Å². The molecule has 0 aromatic heterocycles. The molecule has 5 heteroatoms. The van der Waals surface area contributed by atoms with Crippen molar-refractivity contribution in [3.63, 3.8) is 0 Å². The van der Waals surface area contributed by atoms with Gasteiger partial charge in [-0.3, -0.25) is 4.79 Å². The third-order valence-corrected chi connectivity index (χ3v) is 1.33. The summed E-state index contributed by atoms with van der Waals surface area (Å²) in [4.78, 5) is 10.1. The molecule has 0 radical (unpaired) electrons. The third kappa shape index (κ3) is 2.81. The van der Waals surface area contributed by atoms with Crippen molar-refractivity contribution in [1.82, 2.24) is 0 Å². The van der Waals surface area contributed by atoms with E-state index in [4.69, 9.17) is 15.9 Å². The lowest BCUT2D eigenvalue weighted by Gasteiger charge is -2.24. The van der Waals surface area contributed by atoms with Crippen molar-refractivity contribution in [2.45, 2.75) is 31.7 Å². The summed E-state index contributed by atoms with van der Waals surface area (Å²) in [6.45, 7) is 2.14. The molecule has 0 rings (SSSR count). The Balaban J connectivity index is 4.25. The molecule has 0 heterocycles. The van der Waals surface area contributed by atoms with Gasteiger partial charge < -0.3 is 15.9 Å². The molecular formula is C6H12FNO3. The number of alkyl halides is 1. The van der Waals surface area contributed by atoms with Crippen LogP contribution in [0.1, 0.15) is 13.8 Å². The Morgan fingerprint density at radius 3 is 2.09 bits per heavy atom. The molecule has 4 nitrogen and oxygen atoms in total. The lowest BCUT2D eigenvalue weighted by atomic mass is 9.97. The van der Waals surface area contributed by atoms with Gasteiger partial charge in [-0.2, -0.15) is 0 Å². The molecule has 66 valence electrons. The minimum absolute atomic E-state index is 1.07. The zero-order valence-corrected chi connectivity index (χ0v) is 6.41. The zero-order valence-electron chi connectivity index (χ0n) is 6.41. The van der Waals surface area contributed by atoms with Gasteiger partial charge >= 0.3 is 5.97 Å². The summed E-state index contributed by atoms with van der Waals surface area (Å²) in [6, 6.07) is -1.57. The fourth-order valence-electron chi connectivity index (χ4n) is 0.562. The fourth-order valence-corrected chi connectivity index (χ4v) is 0.562. The number of aliphatic hydroxyl groups excluding tert-OH is 1. The monoisotopic (exact) mass is 165 g/mol. The summed E-state index contributed by atoms with van der Waals surface area (Å²) >= 11 is 0. The molecule has 2 unspecified atom stereocenters. The van der Waals surface area contributed by atoms with Gasteiger partial charge in [0.05, 0.1) is 0 Å². The molecule has 0 fully saturated rings. The van der Waals surface area contributed by atoms with Gasteiger partial charge in [-0.15, -0.1) is 0 Å². The molecule has 0 aliphatic carbocycles. The molecule has 0 amide bonds. The normalized spacial score (nSPS) is 17.5. The van der Waals surface area contributed by atoms with E-state index in [0.717, 1.165) is 13.8 Å². The van der Waals surface area contributed by atoms with Gasteiger partial charge in [0.15, 0.2) is 0 Å². The lowest BCUT2D eigenvalue weighted by molar-refractivity contribution is -0.144. The first-order valence-corrected chi connectivity index (χ1v) is 3.12. The number of carboxylic acid groups (broad SMARTS) is 1. The van der Waals surface area contributed by atoms with Gasteiger partial charge in [0.1, 0.15) is 17.8 Å². The topological polar surface area (TPSA) is 83.5 Å². The van der Waals surface area contributed by atoms with E-state index in [-0.39, 0.29) is 0 Å². The van der Waals surface area contributed by atoms with E-state index in [1.54, 1.807) is 0 Å². The predicted molar refractivity (Wildman–Crippen MR) is 36.8 cm³/mol. The number of hydrogen-bond acceptors (Lipinski definition) is 3. The molecule has 0 bridgehead atoms. The molecule has 0 aliphatic heterocycles. The highest BCUT2D eigenvalue weighted by atomic mass is 19.1. The number of rotatable bonds is 3. The minimum atomic E-state index is -1.99. The predicted octanol–water partition coefficient (Wildman–Crippen LogP) is -0.493. The first kappa shape index (κ1) is 10.3. The van der Waals surface area contributed by atoms with Crippen LogP contribution in [0.25, 0.3) is 0 Å². The van der Waals surface area contributed by atoms with Crippen LogP contribution in [-0.4, -0.2) is 34.0 Å². The van der Waals surface area contributed by atoms with E-state index in [1.165, 1.54) is 0 Å². The highest BCUT2D eigenvalue weighted by molar-refractivity contribution is 5.74. The van der Waals surface area contributed by atoms with Crippen LogP contribution in [0, 0.1) is 0 Å². The number of hydrogen-bond donors (Lipinski definition) is 3. The fraction of sp³-hybridized carbons (Fsp3) is 0.833. The zero-order chi connectivity index (χ0) is 9.23. The van der Waals surface area contributed by atoms with Crippen molar-refractivity contribution < 1.29 is 19.4 Å². The van der Waals surface area contributed by atoms with Crippen molar-refractivity contribution in [3.8, 4) is 0 Å². The molecule has 0 aromatic carbocycles. The van der Waals surface area contributed by atoms with Crippen molar-refractivity contribution in [2.75, 3.05) is 0 Å². The second-order valence-corrected chi connectivity index (χ2v) is 2.87. The Kier molecular flexibility index (Phi) is 2.95. The average Bonchev–Trinajstić information content (AvgIpc) is 1.82. The second-order valence-electron chi connectivity index (χ2n) is 2.87. The molecule has 0 saturated heterocycles. The Bertz CT molecular complexity index is 154. The molecule has 0 aliphatic rings. The summed E-state index contributed by atoms with van der Waals surface area (Å²) in [6.07, 6.45) is -1.68. The summed E-state index contributed by atoms with van der Waals surface area (Å²) in [5, 5.41) is 17.2. The van der Waals surface area contributed by atoms with Crippen LogP contribution in [0.3, 0.4) is 0 Å². The van der Waals surface area contributed by atoms with Gasteiger partial charge in [-0.05, 0) is 13.8 Å². The van der Waals surface area contributed by atoms with Crippen LogP contribution in [0.4, 0.5) is 4.39 Å². The first-order valence-electron chi connectivity index (χ1n) is 3.12. The van der Waals surface area contributed by atoms with E-state index < -0.39 is 23.8 Å². The van der Waals surface area contributed by atoms with E-state index in [2.05, 4.69) is 0 Å². The summed E-state index contributed by atoms with van der Waals surface area (Å²) in [5.74, 6) is -1.41. The SMILES string of the molecule is CC(C)(F)C(O)C(N)C(=O)O. The van der Waals surface area contributed by atoms with Crippen molar-refractivity contribution >= 4 is 5.97 Å². The van der Waals surface area contributed by atoms with Crippen molar-refractivity contribution in [1.29, 1.82) is 0 Å². The second kappa shape index (κ2) is 3.15. The van der Waals surface area contributed by atoms with Gasteiger partial charge in [0.25, 0.3) is 0 Å². The van der Waals surface area contributed by atoms with Crippen LogP contribution >= 0.6 is 0 Å². The molecule has 0 spiro atoms. The smallest absolute Gasteiger partial charge is 0.323 e. The molecule has 4 N–H and O–H groups in total. The maximum atomic E-state index is 12.8. The maximum absolute atomic E-state index is 12.8. The molecule has 2 atom stereocenters. The number of aliphatic carboxylic acids is 1. The quantitative estimate of drug-likeness (QED) is 0.526.